The molecule has 0 aromatic heterocycles. The Balaban J connectivity index is 1.70. The van der Waals surface area contributed by atoms with Gasteiger partial charge < -0.3 is 5.32 Å². The number of carbonyl (C=O) groups excluding carboxylic acids is 1. The number of nitrogens with zero attached hydrogens (tertiary/aromatic N) is 1. The van der Waals surface area contributed by atoms with Crippen LogP contribution in [0.15, 0.2) is 42.5 Å². The minimum Gasteiger partial charge on any atom is -0.322 e. The Bertz CT molecular complexity index is 733. The number of amides is 1. The van der Waals surface area contributed by atoms with Crippen molar-refractivity contribution in [2.24, 2.45) is 0 Å². The van der Waals surface area contributed by atoms with Gasteiger partial charge in [0.1, 0.15) is 11.6 Å². The lowest BCUT2D eigenvalue weighted by Gasteiger charge is -2.32. The Hall–Kier alpha value is -2.27. The SMILES string of the molecule is C[C@@H](C(=O)Nc1cc(F)ccc1F)N1CCc2ccccc2C1. The van der Waals surface area contributed by atoms with E-state index in [1.807, 2.05) is 17.0 Å². The van der Waals surface area contributed by atoms with Crippen LogP contribution in [-0.2, 0) is 17.8 Å². The summed E-state index contributed by atoms with van der Waals surface area (Å²) < 4.78 is 26.8. The summed E-state index contributed by atoms with van der Waals surface area (Å²) in [5.41, 5.74) is 2.38. The molecule has 2 aromatic carbocycles. The molecule has 1 aliphatic heterocycles. The van der Waals surface area contributed by atoms with Gasteiger partial charge in [-0.1, -0.05) is 24.3 Å². The molecule has 0 radical (unpaired) electrons. The smallest absolute Gasteiger partial charge is 0.241 e. The second-order valence-corrected chi connectivity index (χ2v) is 5.78. The molecule has 0 spiro atoms. The molecule has 0 saturated carbocycles. The minimum absolute atomic E-state index is 0.126. The predicted molar refractivity (Wildman–Crippen MR) is 85.0 cm³/mol. The molecule has 1 aliphatic rings. The molecule has 1 amide bonds. The number of benzene rings is 2. The lowest BCUT2D eigenvalue weighted by Crippen LogP contribution is -2.44. The first kappa shape index (κ1) is 15.6. The monoisotopic (exact) mass is 316 g/mol. The van der Waals surface area contributed by atoms with Crippen LogP contribution in [-0.4, -0.2) is 23.4 Å². The number of nitrogens with one attached hydrogen (secondary N) is 1. The second kappa shape index (κ2) is 6.46. The van der Waals surface area contributed by atoms with Crippen molar-refractivity contribution in [3.05, 3.63) is 65.2 Å². The van der Waals surface area contributed by atoms with Crippen molar-refractivity contribution in [1.29, 1.82) is 0 Å². The zero-order chi connectivity index (χ0) is 16.4. The fourth-order valence-electron chi connectivity index (χ4n) is 2.84. The van der Waals surface area contributed by atoms with Gasteiger partial charge in [-0.25, -0.2) is 8.78 Å². The molecule has 0 aliphatic carbocycles. The third kappa shape index (κ3) is 3.40. The standard InChI is InChI=1S/C18H18F2N2O/c1-12(18(23)21-17-10-15(19)6-7-16(17)20)22-9-8-13-4-2-3-5-14(13)11-22/h2-7,10,12H,8-9,11H2,1H3,(H,21,23)/t12-/m0/s1. The van der Waals surface area contributed by atoms with Crippen LogP contribution < -0.4 is 5.32 Å². The van der Waals surface area contributed by atoms with Crippen LogP contribution in [0.1, 0.15) is 18.1 Å². The van der Waals surface area contributed by atoms with E-state index in [1.165, 1.54) is 11.1 Å². The number of hydrogen-bond acceptors (Lipinski definition) is 2. The lowest BCUT2D eigenvalue weighted by molar-refractivity contribution is -0.121. The van der Waals surface area contributed by atoms with E-state index in [0.717, 1.165) is 31.2 Å². The Morgan fingerprint density at radius 2 is 1.91 bits per heavy atom. The van der Waals surface area contributed by atoms with Gasteiger partial charge in [-0.3, -0.25) is 9.69 Å². The molecule has 1 heterocycles. The van der Waals surface area contributed by atoms with Crippen molar-refractivity contribution in [2.75, 3.05) is 11.9 Å². The van der Waals surface area contributed by atoms with Crippen molar-refractivity contribution >= 4 is 11.6 Å². The molecule has 1 N–H and O–H groups in total. The van der Waals surface area contributed by atoms with Crippen LogP contribution in [0.4, 0.5) is 14.5 Å². The highest BCUT2D eigenvalue weighted by Crippen LogP contribution is 2.21. The summed E-state index contributed by atoms with van der Waals surface area (Å²) in [7, 11) is 0. The number of rotatable bonds is 3. The molecular formula is C18H18F2N2O. The van der Waals surface area contributed by atoms with Gasteiger partial charge in [-0.2, -0.15) is 0 Å². The lowest BCUT2D eigenvalue weighted by atomic mass is 9.99. The summed E-state index contributed by atoms with van der Waals surface area (Å²) >= 11 is 0. The first-order chi connectivity index (χ1) is 11.0. The number of hydrogen-bond donors (Lipinski definition) is 1. The fraction of sp³-hybridized carbons (Fsp3) is 0.278. The first-order valence-electron chi connectivity index (χ1n) is 7.61. The van der Waals surface area contributed by atoms with E-state index < -0.39 is 17.7 Å². The zero-order valence-electron chi connectivity index (χ0n) is 12.9. The van der Waals surface area contributed by atoms with Crippen molar-refractivity contribution in [1.82, 2.24) is 4.90 Å². The summed E-state index contributed by atoms with van der Waals surface area (Å²) in [6.07, 6.45) is 0.877. The van der Waals surface area contributed by atoms with Crippen LogP contribution in [0.5, 0.6) is 0 Å². The van der Waals surface area contributed by atoms with Gasteiger partial charge in [0.25, 0.3) is 0 Å². The highest BCUT2D eigenvalue weighted by atomic mass is 19.1. The zero-order valence-corrected chi connectivity index (χ0v) is 12.9. The predicted octanol–water partition coefficient (Wildman–Crippen LogP) is 3.35. The van der Waals surface area contributed by atoms with Crippen molar-refractivity contribution < 1.29 is 13.6 Å². The Labute approximate surface area is 133 Å². The maximum Gasteiger partial charge on any atom is 0.241 e. The summed E-state index contributed by atoms with van der Waals surface area (Å²) in [5, 5.41) is 2.48. The molecule has 0 saturated heterocycles. The van der Waals surface area contributed by atoms with E-state index >= 15 is 0 Å². The summed E-state index contributed by atoms with van der Waals surface area (Å²) in [6, 6.07) is 10.7. The van der Waals surface area contributed by atoms with Crippen LogP contribution in [0, 0.1) is 11.6 Å². The Kier molecular flexibility index (Phi) is 4.39. The van der Waals surface area contributed by atoms with Crippen LogP contribution in [0.25, 0.3) is 0 Å². The first-order valence-corrected chi connectivity index (χ1v) is 7.61. The van der Waals surface area contributed by atoms with Gasteiger partial charge in [-0.05, 0) is 36.6 Å². The Morgan fingerprint density at radius 1 is 1.17 bits per heavy atom. The average Bonchev–Trinajstić information content (AvgIpc) is 2.57. The van der Waals surface area contributed by atoms with Gasteiger partial charge >= 0.3 is 0 Å². The number of anilines is 1. The van der Waals surface area contributed by atoms with Gasteiger partial charge in [0.2, 0.25) is 5.91 Å². The third-order valence-corrected chi connectivity index (χ3v) is 4.27. The van der Waals surface area contributed by atoms with E-state index in [2.05, 4.69) is 17.4 Å². The number of fused-ring (bicyclic) bond motifs is 1. The van der Waals surface area contributed by atoms with E-state index in [9.17, 15) is 13.6 Å². The maximum absolute atomic E-state index is 13.6. The van der Waals surface area contributed by atoms with E-state index in [0.29, 0.717) is 6.54 Å². The van der Waals surface area contributed by atoms with Crippen LogP contribution in [0.3, 0.4) is 0 Å². The molecule has 5 heteroatoms. The molecular weight excluding hydrogens is 298 g/mol. The highest BCUT2D eigenvalue weighted by Gasteiger charge is 2.25. The largest absolute Gasteiger partial charge is 0.322 e. The summed E-state index contributed by atoms with van der Waals surface area (Å²) in [6.45, 7) is 3.22. The molecule has 2 aromatic rings. The normalized spacial score (nSPS) is 15.8. The van der Waals surface area contributed by atoms with Gasteiger partial charge in [0, 0.05) is 19.2 Å². The molecule has 3 rings (SSSR count). The molecule has 0 unspecified atom stereocenters. The molecule has 120 valence electrons. The topological polar surface area (TPSA) is 32.3 Å². The van der Waals surface area contributed by atoms with Crippen LogP contribution >= 0.6 is 0 Å². The van der Waals surface area contributed by atoms with E-state index in [1.54, 1.807) is 6.92 Å². The van der Waals surface area contributed by atoms with Gasteiger partial charge in [-0.15, -0.1) is 0 Å². The molecule has 0 bridgehead atoms. The maximum atomic E-state index is 13.6. The molecule has 3 nitrogen and oxygen atoms in total. The third-order valence-electron chi connectivity index (χ3n) is 4.27. The second-order valence-electron chi connectivity index (χ2n) is 5.78. The summed E-state index contributed by atoms with van der Waals surface area (Å²) in [4.78, 5) is 14.4. The Morgan fingerprint density at radius 3 is 2.70 bits per heavy atom. The van der Waals surface area contributed by atoms with Crippen molar-refractivity contribution in [2.45, 2.75) is 25.9 Å². The van der Waals surface area contributed by atoms with Crippen molar-refractivity contribution in [3.8, 4) is 0 Å². The number of carbonyl (C=O) groups is 1. The van der Waals surface area contributed by atoms with Crippen molar-refractivity contribution in [3.63, 3.8) is 0 Å². The summed E-state index contributed by atoms with van der Waals surface area (Å²) in [5.74, 6) is -1.56. The molecule has 23 heavy (non-hydrogen) atoms. The van der Waals surface area contributed by atoms with E-state index in [4.69, 9.17) is 0 Å². The highest BCUT2D eigenvalue weighted by molar-refractivity contribution is 5.94. The minimum atomic E-state index is -0.643. The van der Waals surface area contributed by atoms with E-state index in [-0.39, 0.29) is 11.6 Å². The quantitative estimate of drug-likeness (QED) is 0.942. The van der Waals surface area contributed by atoms with Gasteiger partial charge in [0.15, 0.2) is 0 Å². The average molecular weight is 316 g/mol. The molecule has 0 fully saturated rings. The van der Waals surface area contributed by atoms with Crippen LogP contribution in [0.2, 0.25) is 0 Å². The molecule has 1 atom stereocenters. The number of halogens is 2. The van der Waals surface area contributed by atoms with Gasteiger partial charge in [0.05, 0.1) is 11.7 Å². The fourth-order valence-corrected chi connectivity index (χ4v) is 2.84.